The Bertz CT molecular complexity index is 531. The Labute approximate surface area is 145 Å². The molecule has 4 heterocycles. The highest BCUT2D eigenvalue weighted by Crippen LogP contribution is 2.38. The first-order valence-corrected chi connectivity index (χ1v) is 9.40. The second kappa shape index (κ2) is 6.94. The molecule has 3 aliphatic rings. The first kappa shape index (κ1) is 16.2. The number of aromatic nitrogens is 2. The Balaban J connectivity index is 1.33. The van der Waals surface area contributed by atoms with Crippen molar-refractivity contribution in [1.29, 1.82) is 0 Å². The van der Waals surface area contributed by atoms with Crippen LogP contribution in [-0.2, 0) is 6.54 Å². The predicted octanol–water partition coefficient (Wildman–Crippen LogP) is 0.804. The highest BCUT2D eigenvalue weighted by atomic mass is 15.3. The van der Waals surface area contributed by atoms with Crippen LogP contribution in [0.25, 0.3) is 0 Å². The van der Waals surface area contributed by atoms with Gasteiger partial charge in [0, 0.05) is 57.2 Å². The number of anilines is 1. The van der Waals surface area contributed by atoms with Crippen LogP contribution in [-0.4, -0.2) is 79.2 Å². The minimum Gasteiger partial charge on any atom is -0.338 e. The zero-order valence-electron chi connectivity index (χ0n) is 14.9. The number of likely N-dealkylation sites (tertiary alicyclic amines) is 1. The van der Waals surface area contributed by atoms with Crippen LogP contribution in [0.15, 0.2) is 12.4 Å². The summed E-state index contributed by atoms with van der Waals surface area (Å²) in [5.74, 6) is 0.892. The smallest absolute Gasteiger partial charge is 0.225 e. The fourth-order valence-electron chi connectivity index (χ4n) is 4.39. The van der Waals surface area contributed by atoms with Gasteiger partial charge in [-0.15, -0.1) is 0 Å². The highest BCUT2D eigenvalue weighted by molar-refractivity contribution is 5.30. The van der Waals surface area contributed by atoms with Gasteiger partial charge in [-0.25, -0.2) is 9.97 Å². The number of rotatable bonds is 3. The van der Waals surface area contributed by atoms with E-state index in [2.05, 4.69) is 37.0 Å². The Morgan fingerprint density at radius 2 is 1.71 bits per heavy atom. The molecule has 0 amide bonds. The molecule has 0 aromatic carbocycles. The van der Waals surface area contributed by atoms with E-state index in [0.717, 1.165) is 38.7 Å². The van der Waals surface area contributed by atoms with E-state index >= 15 is 0 Å². The monoisotopic (exact) mass is 330 g/mol. The Morgan fingerprint density at radius 3 is 2.42 bits per heavy atom. The van der Waals surface area contributed by atoms with Gasteiger partial charge in [-0.2, -0.15) is 0 Å². The zero-order valence-corrected chi connectivity index (χ0v) is 14.9. The molecule has 3 saturated heterocycles. The predicted molar refractivity (Wildman–Crippen MR) is 96.2 cm³/mol. The quantitative estimate of drug-likeness (QED) is 0.885. The van der Waals surface area contributed by atoms with Crippen molar-refractivity contribution in [2.24, 2.45) is 5.41 Å². The number of nitrogens with zero attached hydrogens (tertiary/aromatic N) is 5. The largest absolute Gasteiger partial charge is 0.338 e. The maximum Gasteiger partial charge on any atom is 0.225 e. The minimum absolute atomic E-state index is 0.575. The summed E-state index contributed by atoms with van der Waals surface area (Å²) in [5.41, 5.74) is 1.82. The topological polar surface area (TPSA) is 47.5 Å². The summed E-state index contributed by atoms with van der Waals surface area (Å²) < 4.78 is 0. The number of piperazine rings is 1. The molecule has 0 atom stereocenters. The first-order chi connectivity index (χ1) is 11.7. The first-order valence-electron chi connectivity index (χ1n) is 9.40. The summed E-state index contributed by atoms with van der Waals surface area (Å²) in [7, 11) is 2.17. The summed E-state index contributed by atoms with van der Waals surface area (Å²) >= 11 is 0. The SMILES string of the molecule is CN1CCN(c2ncc(CN3CCC4(CCNCC4)C3)cn2)CC1. The summed E-state index contributed by atoms with van der Waals surface area (Å²) in [6, 6.07) is 0. The van der Waals surface area contributed by atoms with Gasteiger partial charge in [0.15, 0.2) is 0 Å². The molecule has 1 aromatic heterocycles. The molecule has 0 unspecified atom stereocenters. The van der Waals surface area contributed by atoms with Gasteiger partial charge in [-0.05, 0) is 51.4 Å². The average Bonchev–Trinajstić information content (AvgIpc) is 2.99. The number of hydrogen-bond donors (Lipinski definition) is 1. The Hall–Kier alpha value is -1.24. The van der Waals surface area contributed by atoms with E-state index in [1.165, 1.54) is 51.0 Å². The number of nitrogens with one attached hydrogen (secondary N) is 1. The van der Waals surface area contributed by atoms with Gasteiger partial charge in [-0.3, -0.25) is 4.90 Å². The van der Waals surface area contributed by atoms with Crippen LogP contribution in [0, 0.1) is 5.41 Å². The van der Waals surface area contributed by atoms with Gasteiger partial charge in [0.05, 0.1) is 0 Å². The van der Waals surface area contributed by atoms with E-state index in [-0.39, 0.29) is 0 Å². The lowest BCUT2D eigenvalue weighted by atomic mass is 9.78. The number of piperidine rings is 1. The summed E-state index contributed by atoms with van der Waals surface area (Å²) in [6.07, 6.45) is 8.10. The molecule has 0 saturated carbocycles. The fraction of sp³-hybridized carbons (Fsp3) is 0.778. The van der Waals surface area contributed by atoms with E-state index < -0.39 is 0 Å². The van der Waals surface area contributed by atoms with Gasteiger partial charge < -0.3 is 15.1 Å². The van der Waals surface area contributed by atoms with Crippen LogP contribution < -0.4 is 10.2 Å². The van der Waals surface area contributed by atoms with Crippen LogP contribution in [0.3, 0.4) is 0 Å². The molecule has 3 fully saturated rings. The van der Waals surface area contributed by atoms with Crippen molar-refractivity contribution in [2.75, 3.05) is 64.3 Å². The Kier molecular flexibility index (Phi) is 4.70. The molecule has 6 heteroatoms. The molecule has 132 valence electrons. The van der Waals surface area contributed by atoms with Crippen molar-refractivity contribution in [1.82, 2.24) is 25.1 Å². The van der Waals surface area contributed by atoms with E-state index in [1.807, 2.05) is 12.4 Å². The number of likely N-dealkylation sites (N-methyl/N-ethyl adjacent to an activating group) is 1. The molecule has 1 N–H and O–H groups in total. The van der Waals surface area contributed by atoms with Crippen LogP contribution in [0.2, 0.25) is 0 Å². The van der Waals surface area contributed by atoms with Crippen molar-refractivity contribution in [3.8, 4) is 0 Å². The van der Waals surface area contributed by atoms with Gasteiger partial charge in [-0.1, -0.05) is 0 Å². The van der Waals surface area contributed by atoms with Crippen LogP contribution in [0.4, 0.5) is 5.95 Å². The molecule has 0 aliphatic carbocycles. The number of hydrogen-bond acceptors (Lipinski definition) is 6. The molecular weight excluding hydrogens is 300 g/mol. The molecule has 0 radical (unpaired) electrons. The van der Waals surface area contributed by atoms with Gasteiger partial charge >= 0.3 is 0 Å². The van der Waals surface area contributed by atoms with Crippen LogP contribution >= 0.6 is 0 Å². The van der Waals surface area contributed by atoms with E-state index in [1.54, 1.807) is 0 Å². The average molecular weight is 330 g/mol. The second-order valence-corrected chi connectivity index (χ2v) is 7.89. The summed E-state index contributed by atoms with van der Waals surface area (Å²) in [5, 5.41) is 3.49. The lowest BCUT2D eigenvalue weighted by Gasteiger charge is -2.34. The molecule has 0 bridgehead atoms. The maximum atomic E-state index is 4.63. The molecule has 6 nitrogen and oxygen atoms in total. The van der Waals surface area contributed by atoms with Gasteiger partial charge in [0.25, 0.3) is 0 Å². The van der Waals surface area contributed by atoms with E-state index in [4.69, 9.17) is 0 Å². The molecular formula is C18H30N6. The highest BCUT2D eigenvalue weighted by Gasteiger charge is 2.38. The zero-order chi connectivity index (χ0) is 16.4. The van der Waals surface area contributed by atoms with E-state index in [0.29, 0.717) is 5.41 Å². The standard InChI is InChI=1S/C18H30N6/c1-22-8-10-24(11-9-22)17-20-12-16(13-21-17)14-23-7-4-18(15-23)2-5-19-6-3-18/h12-13,19H,2-11,14-15H2,1H3. The van der Waals surface area contributed by atoms with Gasteiger partial charge in [0.1, 0.15) is 0 Å². The third kappa shape index (κ3) is 3.55. The third-order valence-electron chi connectivity index (χ3n) is 6.07. The lowest BCUT2D eigenvalue weighted by Crippen LogP contribution is -2.45. The normalized spacial score (nSPS) is 25.5. The van der Waals surface area contributed by atoms with Crippen LogP contribution in [0.5, 0.6) is 0 Å². The molecule has 24 heavy (non-hydrogen) atoms. The molecule has 1 spiro atoms. The van der Waals surface area contributed by atoms with Crippen molar-refractivity contribution < 1.29 is 0 Å². The maximum absolute atomic E-state index is 4.63. The van der Waals surface area contributed by atoms with Crippen molar-refractivity contribution >= 4 is 5.95 Å². The van der Waals surface area contributed by atoms with Crippen molar-refractivity contribution in [3.05, 3.63) is 18.0 Å². The minimum atomic E-state index is 0.575. The molecule has 3 aliphatic heterocycles. The summed E-state index contributed by atoms with van der Waals surface area (Å²) in [6.45, 7) is 10.1. The Morgan fingerprint density at radius 1 is 1.00 bits per heavy atom. The van der Waals surface area contributed by atoms with E-state index in [9.17, 15) is 0 Å². The lowest BCUT2D eigenvalue weighted by molar-refractivity contribution is 0.194. The van der Waals surface area contributed by atoms with Gasteiger partial charge in [0.2, 0.25) is 5.95 Å². The van der Waals surface area contributed by atoms with Crippen molar-refractivity contribution in [2.45, 2.75) is 25.8 Å². The fourth-order valence-corrected chi connectivity index (χ4v) is 4.39. The summed E-state index contributed by atoms with van der Waals surface area (Å²) in [4.78, 5) is 16.5. The molecule has 1 aromatic rings. The van der Waals surface area contributed by atoms with Crippen LogP contribution in [0.1, 0.15) is 24.8 Å². The second-order valence-electron chi connectivity index (χ2n) is 7.89. The van der Waals surface area contributed by atoms with Crippen molar-refractivity contribution in [3.63, 3.8) is 0 Å². The molecule has 4 rings (SSSR count). The third-order valence-corrected chi connectivity index (χ3v) is 6.07.